The molecule has 0 rings (SSSR count). The fourth-order valence-electron chi connectivity index (χ4n) is 0.903. The molecule has 0 aliphatic rings. The third-order valence-corrected chi connectivity index (χ3v) is 1.77. The molecule has 0 aliphatic carbocycles. The normalized spacial score (nSPS) is 16.7. The number of carboxylic acids is 1. The molecule has 0 aromatic heterocycles. The molecule has 0 fully saturated rings. The van der Waals surface area contributed by atoms with Crippen molar-refractivity contribution in [3.8, 4) is 0 Å². The highest BCUT2D eigenvalue weighted by atomic mass is 16.4. The van der Waals surface area contributed by atoms with Gasteiger partial charge < -0.3 is 10.2 Å². The molecule has 0 aromatic carbocycles. The zero-order chi connectivity index (χ0) is 9.94. The molecule has 0 aromatic rings. The largest absolute Gasteiger partial charge is 0.481 e. The average molecular weight is 172 g/mol. The summed E-state index contributed by atoms with van der Waals surface area (Å²) in [5.41, 5.74) is -0.433. The van der Waals surface area contributed by atoms with Crippen LogP contribution in [0.3, 0.4) is 0 Å². The summed E-state index contributed by atoms with van der Waals surface area (Å²) in [6.07, 6.45) is 0.366. The van der Waals surface area contributed by atoms with Gasteiger partial charge in [0.25, 0.3) is 0 Å². The molecule has 0 saturated carbocycles. The second-order valence-corrected chi connectivity index (χ2v) is 3.91. The van der Waals surface area contributed by atoms with Crippen LogP contribution in [0.5, 0.6) is 0 Å². The SMILES string of the molecule is C=C[C@@H](C(=O)O)[C@@H](O)C(C)(C)C. The lowest BCUT2D eigenvalue weighted by atomic mass is 9.81. The molecule has 0 radical (unpaired) electrons. The van der Waals surface area contributed by atoms with Gasteiger partial charge in [0.2, 0.25) is 0 Å². The molecule has 2 atom stereocenters. The molecule has 0 saturated heterocycles. The number of aliphatic carboxylic acids is 1. The predicted molar refractivity (Wildman–Crippen MR) is 46.8 cm³/mol. The van der Waals surface area contributed by atoms with Crippen molar-refractivity contribution in [1.29, 1.82) is 0 Å². The van der Waals surface area contributed by atoms with Crippen molar-refractivity contribution in [1.82, 2.24) is 0 Å². The summed E-state index contributed by atoms with van der Waals surface area (Å²) in [4.78, 5) is 10.6. The Morgan fingerprint density at radius 3 is 2.00 bits per heavy atom. The number of hydrogen-bond donors (Lipinski definition) is 2. The van der Waals surface area contributed by atoms with Gasteiger partial charge in [-0.3, -0.25) is 4.79 Å². The molecule has 3 nitrogen and oxygen atoms in total. The minimum absolute atomic E-state index is 0.433. The number of rotatable bonds is 3. The van der Waals surface area contributed by atoms with Crippen molar-refractivity contribution >= 4 is 5.97 Å². The van der Waals surface area contributed by atoms with E-state index in [9.17, 15) is 9.90 Å². The summed E-state index contributed by atoms with van der Waals surface area (Å²) in [6.45, 7) is 8.74. The Morgan fingerprint density at radius 1 is 1.50 bits per heavy atom. The van der Waals surface area contributed by atoms with Crippen LogP contribution in [0.25, 0.3) is 0 Å². The molecule has 0 heterocycles. The number of aliphatic hydroxyl groups is 1. The molecule has 0 spiro atoms. The molecule has 3 heteroatoms. The van der Waals surface area contributed by atoms with E-state index >= 15 is 0 Å². The van der Waals surface area contributed by atoms with E-state index in [0.29, 0.717) is 0 Å². The van der Waals surface area contributed by atoms with Gasteiger partial charge in [0.15, 0.2) is 0 Å². The van der Waals surface area contributed by atoms with Crippen molar-refractivity contribution in [2.75, 3.05) is 0 Å². The monoisotopic (exact) mass is 172 g/mol. The highest BCUT2D eigenvalue weighted by Gasteiger charge is 2.32. The van der Waals surface area contributed by atoms with Crippen molar-refractivity contribution in [2.45, 2.75) is 26.9 Å². The van der Waals surface area contributed by atoms with Gasteiger partial charge in [-0.2, -0.15) is 0 Å². The van der Waals surface area contributed by atoms with E-state index in [2.05, 4.69) is 6.58 Å². The summed E-state index contributed by atoms with van der Waals surface area (Å²) in [5, 5.41) is 18.2. The molecular weight excluding hydrogens is 156 g/mol. The Balaban J connectivity index is 4.53. The highest BCUT2D eigenvalue weighted by Crippen LogP contribution is 2.25. The van der Waals surface area contributed by atoms with Crippen molar-refractivity contribution in [3.63, 3.8) is 0 Å². The van der Waals surface area contributed by atoms with Gasteiger partial charge in [-0.25, -0.2) is 0 Å². The summed E-state index contributed by atoms with van der Waals surface area (Å²) < 4.78 is 0. The maximum absolute atomic E-state index is 10.6. The first-order valence-corrected chi connectivity index (χ1v) is 3.84. The Bertz CT molecular complexity index is 179. The van der Waals surface area contributed by atoms with E-state index in [1.807, 2.05) is 0 Å². The van der Waals surface area contributed by atoms with Crippen LogP contribution in [0.15, 0.2) is 12.7 Å². The van der Waals surface area contributed by atoms with E-state index in [-0.39, 0.29) is 0 Å². The van der Waals surface area contributed by atoms with Crippen LogP contribution in [-0.2, 0) is 4.79 Å². The summed E-state index contributed by atoms with van der Waals surface area (Å²) in [7, 11) is 0. The number of aliphatic hydroxyl groups excluding tert-OH is 1. The molecule has 0 aliphatic heterocycles. The summed E-state index contributed by atoms with van der Waals surface area (Å²) in [6, 6.07) is 0. The zero-order valence-corrected chi connectivity index (χ0v) is 7.74. The quantitative estimate of drug-likeness (QED) is 0.630. The predicted octanol–water partition coefficient (Wildman–Crippen LogP) is 1.28. The molecule has 2 N–H and O–H groups in total. The second-order valence-electron chi connectivity index (χ2n) is 3.91. The first-order chi connectivity index (χ1) is 5.30. The lowest BCUT2D eigenvalue weighted by molar-refractivity contribution is -0.145. The topological polar surface area (TPSA) is 57.5 Å². The molecular formula is C9H16O3. The van der Waals surface area contributed by atoms with Gasteiger partial charge in [-0.1, -0.05) is 26.8 Å². The Labute approximate surface area is 72.7 Å². The minimum Gasteiger partial charge on any atom is -0.481 e. The number of carboxylic acid groups (broad SMARTS) is 1. The van der Waals surface area contributed by atoms with Gasteiger partial charge in [0.1, 0.15) is 5.92 Å². The fourth-order valence-corrected chi connectivity index (χ4v) is 0.903. The zero-order valence-electron chi connectivity index (χ0n) is 7.74. The standard InChI is InChI=1S/C9H16O3/c1-5-6(8(11)12)7(10)9(2,3)4/h5-7,10H,1H2,2-4H3,(H,11,12)/t6-,7-/m1/s1. The van der Waals surface area contributed by atoms with Crippen LogP contribution in [0, 0.1) is 11.3 Å². The van der Waals surface area contributed by atoms with Crippen molar-refractivity contribution in [2.24, 2.45) is 11.3 Å². The first-order valence-electron chi connectivity index (χ1n) is 3.84. The van der Waals surface area contributed by atoms with Gasteiger partial charge in [0, 0.05) is 0 Å². The first kappa shape index (κ1) is 11.2. The Hall–Kier alpha value is -0.830. The maximum atomic E-state index is 10.6. The van der Waals surface area contributed by atoms with E-state index in [0.717, 1.165) is 0 Å². The van der Waals surface area contributed by atoms with Gasteiger partial charge >= 0.3 is 5.97 Å². The second kappa shape index (κ2) is 3.72. The van der Waals surface area contributed by atoms with Crippen molar-refractivity contribution in [3.05, 3.63) is 12.7 Å². The number of carbonyl (C=O) groups is 1. The van der Waals surface area contributed by atoms with Crippen LogP contribution in [0.4, 0.5) is 0 Å². The van der Waals surface area contributed by atoms with Crippen LogP contribution in [0.1, 0.15) is 20.8 Å². The van der Waals surface area contributed by atoms with E-state index in [1.54, 1.807) is 20.8 Å². The molecule has 0 amide bonds. The lowest BCUT2D eigenvalue weighted by Crippen LogP contribution is -2.36. The van der Waals surface area contributed by atoms with Crippen LogP contribution < -0.4 is 0 Å². The minimum atomic E-state index is -1.03. The third-order valence-electron chi connectivity index (χ3n) is 1.77. The number of hydrogen-bond acceptors (Lipinski definition) is 2. The lowest BCUT2D eigenvalue weighted by Gasteiger charge is -2.28. The third kappa shape index (κ3) is 2.66. The van der Waals surface area contributed by atoms with Gasteiger partial charge in [-0.15, -0.1) is 6.58 Å². The van der Waals surface area contributed by atoms with Gasteiger partial charge in [0.05, 0.1) is 6.10 Å². The molecule has 0 bridgehead atoms. The summed E-state index contributed by atoms with van der Waals surface area (Å²) in [5.74, 6) is -1.92. The summed E-state index contributed by atoms with van der Waals surface area (Å²) >= 11 is 0. The maximum Gasteiger partial charge on any atom is 0.313 e. The Morgan fingerprint density at radius 2 is 1.92 bits per heavy atom. The van der Waals surface area contributed by atoms with Crippen molar-refractivity contribution < 1.29 is 15.0 Å². The molecule has 70 valence electrons. The van der Waals surface area contributed by atoms with Crippen LogP contribution in [0.2, 0.25) is 0 Å². The average Bonchev–Trinajstić information content (AvgIpc) is 1.86. The molecule has 0 unspecified atom stereocenters. The Kier molecular flexibility index (Phi) is 3.46. The van der Waals surface area contributed by atoms with Crippen LogP contribution >= 0.6 is 0 Å². The van der Waals surface area contributed by atoms with Crippen LogP contribution in [-0.4, -0.2) is 22.3 Å². The molecule has 12 heavy (non-hydrogen) atoms. The van der Waals surface area contributed by atoms with E-state index < -0.39 is 23.4 Å². The highest BCUT2D eigenvalue weighted by molar-refractivity contribution is 5.72. The van der Waals surface area contributed by atoms with Gasteiger partial charge in [-0.05, 0) is 5.41 Å². The smallest absolute Gasteiger partial charge is 0.313 e. The van der Waals surface area contributed by atoms with E-state index in [1.165, 1.54) is 6.08 Å². The van der Waals surface area contributed by atoms with E-state index in [4.69, 9.17) is 5.11 Å². The fraction of sp³-hybridized carbons (Fsp3) is 0.667.